The maximum atomic E-state index is 12.6. The molecular weight excluding hydrogens is 359 g/mol. The summed E-state index contributed by atoms with van der Waals surface area (Å²) in [6, 6.07) is 12.4. The number of nitrogens with one attached hydrogen (secondary N) is 1. The van der Waals surface area contributed by atoms with Gasteiger partial charge in [0.2, 0.25) is 5.91 Å². The molecule has 27 heavy (non-hydrogen) atoms. The van der Waals surface area contributed by atoms with Crippen LogP contribution in [0.4, 0.5) is 13.2 Å². The molecule has 0 radical (unpaired) electrons. The molecule has 0 saturated heterocycles. The molecule has 1 N–H and O–H groups in total. The summed E-state index contributed by atoms with van der Waals surface area (Å²) in [6.07, 6.45) is -3.98. The molecular formula is C20H18F3NO3. The Balaban J connectivity index is 1.28. The minimum absolute atomic E-state index is 0.0310. The number of carbonyl (C=O) groups excluding carboxylic acids is 1. The fraction of sp³-hybridized carbons (Fsp3) is 0.350. The van der Waals surface area contributed by atoms with E-state index in [1.807, 2.05) is 24.3 Å². The van der Waals surface area contributed by atoms with Crippen molar-refractivity contribution < 1.29 is 27.4 Å². The first kappa shape index (κ1) is 17.7. The number of hydrogen-bond donors (Lipinski definition) is 1. The summed E-state index contributed by atoms with van der Waals surface area (Å²) in [4.78, 5) is 12.3. The van der Waals surface area contributed by atoms with Gasteiger partial charge in [-0.2, -0.15) is 13.2 Å². The van der Waals surface area contributed by atoms with Crippen molar-refractivity contribution in [2.24, 2.45) is 5.92 Å². The Labute approximate surface area is 154 Å². The van der Waals surface area contributed by atoms with Crippen LogP contribution in [0.3, 0.4) is 0 Å². The summed E-state index contributed by atoms with van der Waals surface area (Å²) >= 11 is 0. The van der Waals surface area contributed by atoms with Gasteiger partial charge in [0.25, 0.3) is 0 Å². The lowest BCUT2D eigenvalue weighted by molar-refractivity contribution is -0.137. The second-order valence-electron chi connectivity index (χ2n) is 6.81. The van der Waals surface area contributed by atoms with Gasteiger partial charge in [0.05, 0.1) is 12.1 Å². The van der Waals surface area contributed by atoms with E-state index < -0.39 is 11.7 Å². The largest absolute Gasteiger partial charge is 0.486 e. The highest BCUT2D eigenvalue weighted by Gasteiger charge is 2.44. The van der Waals surface area contributed by atoms with Crippen molar-refractivity contribution in [2.75, 3.05) is 13.2 Å². The van der Waals surface area contributed by atoms with Crippen LogP contribution < -0.4 is 14.8 Å². The van der Waals surface area contributed by atoms with Crippen LogP contribution in [0.25, 0.3) is 0 Å². The van der Waals surface area contributed by atoms with Crippen LogP contribution in [0, 0.1) is 5.92 Å². The smallest absolute Gasteiger partial charge is 0.416 e. The van der Waals surface area contributed by atoms with Crippen LogP contribution in [0.5, 0.6) is 11.5 Å². The Morgan fingerprint density at radius 2 is 1.78 bits per heavy atom. The summed E-state index contributed by atoms with van der Waals surface area (Å²) in [5, 5.41) is 2.86. The molecule has 3 atom stereocenters. The Hall–Kier alpha value is -2.70. The number of alkyl halides is 3. The average molecular weight is 377 g/mol. The minimum Gasteiger partial charge on any atom is -0.486 e. The van der Waals surface area contributed by atoms with Crippen LogP contribution in [0.2, 0.25) is 0 Å². The van der Waals surface area contributed by atoms with E-state index in [1.165, 1.54) is 12.1 Å². The third kappa shape index (κ3) is 3.86. The number of amides is 1. The number of para-hydroxylation sites is 2. The SMILES string of the molecule is O=C(NC[C@@H]1COc2ccccc2O1)[C@@H]1C[C@H]1c1ccc(C(F)(F)F)cc1. The van der Waals surface area contributed by atoms with E-state index in [4.69, 9.17) is 9.47 Å². The number of rotatable bonds is 4. The van der Waals surface area contributed by atoms with Crippen LogP contribution in [0.15, 0.2) is 48.5 Å². The zero-order valence-corrected chi connectivity index (χ0v) is 14.3. The van der Waals surface area contributed by atoms with E-state index >= 15 is 0 Å². The number of fused-ring (bicyclic) bond motifs is 1. The molecule has 7 heteroatoms. The third-order valence-corrected chi connectivity index (χ3v) is 4.86. The number of hydrogen-bond acceptors (Lipinski definition) is 3. The zero-order valence-electron chi connectivity index (χ0n) is 14.3. The normalized spacial score (nSPS) is 23.6. The molecule has 0 unspecified atom stereocenters. The summed E-state index contributed by atoms with van der Waals surface area (Å²) in [5.41, 5.74) is 0.0805. The predicted octanol–water partition coefficient (Wildman–Crippen LogP) is 3.77. The van der Waals surface area contributed by atoms with Gasteiger partial charge < -0.3 is 14.8 Å². The Bertz CT molecular complexity index is 835. The lowest BCUT2D eigenvalue weighted by atomic mass is 10.1. The Morgan fingerprint density at radius 3 is 2.48 bits per heavy atom. The van der Waals surface area contributed by atoms with Gasteiger partial charge in [0, 0.05) is 5.92 Å². The molecule has 2 aliphatic rings. The second kappa shape index (κ2) is 6.79. The molecule has 1 aliphatic carbocycles. The predicted molar refractivity (Wildman–Crippen MR) is 91.7 cm³/mol. The first-order chi connectivity index (χ1) is 12.9. The maximum absolute atomic E-state index is 12.6. The fourth-order valence-electron chi connectivity index (χ4n) is 3.28. The van der Waals surface area contributed by atoms with E-state index in [2.05, 4.69) is 5.32 Å². The molecule has 4 rings (SSSR count). The van der Waals surface area contributed by atoms with Gasteiger partial charge in [-0.05, 0) is 42.2 Å². The van der Waals surface area contributed by atoms with Gasteiger partial charge in [-0.1, -0.05) is 24.3 Å². The first-order valence-electron chi connectivity index (χ1n) is 8.75. The molecule has 0 bridgehead atoms. The minimum atomic E-state index is -4.35. The van der Waals surface area contributed by atoms with Gasteiger partial charge in [-0.3, -0.25) is 4.79 Å². The number of halogens is 3. The molecule has 4 nitrogen and oxygen atoms in total. The van der Waals surface area contributed by atoms with Crippen LogP contribution in [-0.2, 0) is 11.0 Å². The molecule has 142 valence electrons. The number of ether oxygens (including phenoxy) is 2. The summed E-state index contributed by atoms with van der Waals surface area (Å²) in [6.45, 7) is 0.674. The lowest BCUT2D eigenvalue weighted by Gasteiger charge is -2.26. The van der Waals surface area contributed by atoms with Gasteiger partial charge >= 0.3 is 6.18 Å². The van der Waals surface area contributed by atoms with Gasteiger partial charge in [-0.25, -0.2) is 0 Å². The van der Waals surface area contributed by atoms with Crippen molar-refractivity contribution in [3.63, 3.8) is 0 Å². The first-order valence-corrected chi connectivity index (χ1v) is 8.75. The van der Waals surface area contributed by atoms with Gasteiger partial charge in [0.15, 0.2) is 11.5 Å². The topological polar surface area (TPSA) is 47.6 Å². The van der Waals surface area contributed by atoms with Crippen LogP contribution >= 0.6 is 0 Å². The number of benzene rings is 2. The molecule has 1 saturated carbocycles. The van der Waals surface area contributed by atoms with E-state index in [0.29, 0.717) is 31.1 Å². The lowest BCUT2D eigenvalue weighted by Crippen LogP contribution is -2.41. The van der Waals surface area contributed by atoms with E-state index in [0.717, 1.165) is 17.7 Å². The summed E-state index contributed by atoms with van der Waals surface area (Å²) < 4.78 is 49.3. The second-order valence-corrected chi connectivity index (χ2v) is 6.81. The molecule has 1 amide bonds. The molecule has 0 aromatic heterocycles. The van der Waals surface area contributed by atoms with Crippen molar-refractivity contribution in [3.05, 3.63) is 59.7 Å². The van der Waals surface area contributed by atoms with Gasteiger partial charge in [-0.15, -0.1) is 0 Å². The maximum Gasteiger partial charge on any atom is 0.416 e. The van der Waals surface area contributed by atoms with Crippen molar-refractivity contribution in [2.45, 2.75) is 24.6 Å². The molecule has 1 heterocycles. The van der Waals surface area contributed by atoms with Crippen LogP contribution in [0.1, 0.15) is 23.5 Å². The average Bonchev–Trinajstić information content (AvgIpc) is 3.46. The van der Waals surface area contributed by atoms with Crippen molar-refractivity contribution in [3.8, 4) is 11.5 Å². The van der Waals surface area contributed by atoms with Crippen molar-refractivity contribution in [1.29, 1.82) is 0 Å². The zero-order chi connectivity index (χ0) is 19.0. The molecule has 1 fully saturated rings. The van der Waals surface area contributed by atoms with Gasteiger partial charge in [0.1, 0.15) is 12.7 Å². The summed E-state index contributed by atoms with van der Waals surface area (Å²) in [7, 11) is 0. The van der Waals surface area contributed by atoms with Crippen molar-refractivity contribution in [1.82, 2.24) is 5.32 Å². The fourth-order valence-corrected chi connectivity index (χ4v) is 3.28. The highest BCUT2D eigenvalue weighted by molar-refractivity contribution is 5.82. The molecule has 1 aliphatic heterocycles. The number of carbonyl (C=O) groups is 1. The van der Waals surface area contributed by atoms with Crippen molar-refractivity contribution >= 4 is 5.91 Å². The molecule has 2 aromatic carbocycles. The van der Waals surface area contributed by atoms with Crippen LogP contribution in [-0.4, -0.2) is 25.2 Å². The Morgan fingerprint density at radius 1 is 1.07 bits per heavy atom. The Kier molecular flexibility index (Phi) is 4.45. The third-order valence-electron chi connectivity index (χ3n) is 4.86. The molecule has 0 spiro atoms. The standard InChI is InChI=1S/C20H18F3NO3/c21-20(22,23)13-7-5-12(6-8-13)15-9-16(15)19(25)24-10-14-11-26-17-3-1-2-4-18(17)27-14/h1-8,14-16H,9-11H2,(H,24,25)/t14-,15+,16-/m1/s1. The van der Waals surface area contributed by atoms with E-state index in [9.17, 15) is 18.0 Å². The molecule has 2 aromatic rings. The highest BCUT2D eigenvalue weighted by Crippen LogP contribution is 2.48. The summed E-state index contributed by atoms with van der Waals surface area (Å²) in [5.74, 6) is 0.985. The quantitative estimate of drug-likeness (QED) is 0.883. The monoisotopic (exact) mass is 377 g/mol. The van der Waals surface area contributed by atoms with E-state index in [1.54, 1.807) is 0 Å². The van der Waals surface area contributed by atoms with E-state index in [-0.39, 0.29) is 23.8 Å². The highest BCUT2D eigenvalue weighted by atomic mass is 19.4.